The number of carbonyl (C=O) groups excluding carboxylic acids is 1. The van der Waals surface area contributed by atoms with Crippen LogP contribution in [0.25, 0.3) is 0 Å². The number of nitrogens with zero attached hydrogens (tertiary/aromatic N) is 4. The summed E-state index contributed by atoms with van der Waals surface area (Å²) in [5, 5.41) is 24.3. The van der Waals surface area contributed by atoms with Crippen molar-refractivity contribution >= 4 is 29.5 Å². The normalized spacial score (nSPS) is 13.1. The summed E-state index contributed by atoms with van der Waals surface area (Å²) in [7, 11) is 0. The van der Waals surface area contributed by atoms with Crippen molar-refractivity contribution in [2.24, 2.45) is 10.7 Å². The zero-order valence-electron chi connectivity index (χ0n) is 10.3. The van der Waals surface area contributed by atoms with E-state index in [0.717, 1.165) is 0 Å². The maximum atomic E-state index is 11.2. The first-order valence-electron chi connectivity index (χ1n) is 5.41. The molecule has 0 aromatic carbocycles. The number of primary amides is 1. The van der Waals surface area contributed by atoms with Gasteiger partial charge in [0.2, 0.25) is 5.91 Å². The molecule has 11 heteroatoms. The minimum absolute atomic E-state index is 0.225. The topological polar surface area (TPSA) is 154 Å². The number of nitrogens with two attached hydrogens (primary N) is 1. The Morgan fingerprint density at radius 2 is 2.47 bits per heavy atom. The number of H-pyrrole nitrogens is 1. The maximum Gasteiger partial charge on any atom is 0.263 e. The second-order valence-corrected chi connectivity index (χ2v) is 4.64. The number of anilines is 1. The molecule has 1 aromatic rings. The van der Waals surface area contributed by atoms with Crippen molar-refractivity contribution in [3.05, 3.63) is 0 Å². The minimum atomic E-state index is -0.580. The number of hydrogen-bond donors (Lipinski definition) is 5. The number of aliphatic imine (C=N–C) groups is 1. The number of amidine groups is 1. The van der Waals surface area contributed by atoms with E-state index in [1.165, 1.54) is 11.8 Å². The SMILES string of the molecule is CC(=NCCSC[C@H](Nc1nn[nH]n1)C(N)=O)NO. The largest absolute Gasteiger partial charge is 0.368 e. The van der Waals surface area contributed by atoms with Crippen LogP contribution in [0.2, 0.25) is 0 Å². The van der Waals surface area contributed by atoms with Crippen LogP contribution in [0.15, 0.2) is 4.99 Å². The first kappa shape index (κ1) is 15.2. The fourth-order valence-electron chi connectivity index (χ4n) is 1.09. The molecule has 0 unspecified atom stereocenters. The van der Waals surface area contributed by atoms with Gasteiger partial charge in [-0.05, 0) is 12.1 Å². The molecular formula is C8H16N8O2S. The van der Waals surface area contributed by atoms with Crippen molar-refractivity contribution in [1.29, 1.82) is 0 Å². The molecule has 0 saturated carbocycles. The maximum absolute atomic E-state index is 11.2. The summed E-state index contributed by atoms with van der Waals surface area (Å²) < 4.78 is 0. The van der Waals surface area contributed by atoms with Gasteiger partial charge in [-0.25, -0.2) is 0 Å². The van der Waals surface area contributed by atoms with Gasteiger partial charge in [0.15, 0.2) is 0 Å². The van der Waals surface area contributed by atoms with Crippen LogP contribution in [0.3, 0.4) is 0 Å². The van der Waals surface area contributed by atoms with E-state index < -0.39 is 11.9 Å². The average molecular weight is 288 g/mol. The lowest BCUT2D eigenvalue weighted by Crippen LogP contribution is -2.38. The Balaban J connectivity index is 2.29. The van der Waals surface area contributed by atoms with Gasteiger partial charge < -0.3 is 11.1 Å². The van der Waals surface area contributed by atoms with Gasteiger partial charge in [0.05, 0.1) is 6.54 Å². The van der Waals surface area contributed by atoms with Gasteiger partial charge >= 0.3 is 0 Å². The van der Waals surface area contributed by atoms with E-state index in [1.807, 2.05) is 5.48 Å². The van der Waals surface area contributed by atoms with Crippen molar-refractivity contribution in [3.8, 4) is 0 Å². The van der Waals surface area contributed by atoms with Crippen LogP contribution < -0.4 is 16.5 Å². The Hall–Kier alpha value is -1.88. The number of hydroxylamine groups is 1. The highest BCUT2D eigenvalue weighted by atomic mass is 32.2. The number of aromatic nitrogens is 4. The van der Waals surface area contributed by atoms with E-state index in [4.69, 9.17) is 10.9 Å². The first-order valence-corrected chi connectivity index (χ1v) is 6.57. The number of carbonyl (C=O) groups is 1. The van der Waals surface area contributed by atoms with E-state index in [-0.39, 0.29) is 5.95 Å². The molecule has 6 N–H and O–H groups in total. The summed E-state index contributed by atoms with van der Waals surface area (Å²) in [5.74, 6) is 1.33. The highest BCUT2D eigenvalue weighted by Gasteiger charge is 2.16. The number of amides is 1. The number of thioether (sulfide) groups is 1. The molecule has 1 rings (SSSR count). The molecule has 1 atom stereocenters. The molecule has 1 amide bonds. The number of nitrogens with one attached hydrogen (secondary N) is 3. The highest BCUT2D eigenvalue weighted by Crippen LogP contribution is 2.06. The third-order valence-electron chi connectivity index (χ3n) is 2.02. The molecule has 19 heavy (non-hydrogen) atoms. The Labute approximate surface area is 113 Å². The molecule has 1 heterocycles. The zero-order chi connectivity index (χ0) is 14.1. The van der Waals surface area contributed by atoms with Crippen molar-refractivity contribution in [2.45, 2.75) is 13.0 Å². The third kappa shape index (κ3) is 6.01. The summed E-state index contributed by atoms with van der Waals surface area (Å²) in [4.78, 5) is 15.3. The standard InChI is InChI=1S/C8H16N8O2S/c1-5(14-18)10-2-3-19-4-6(7(9)17)11-8-12-15-16-13-8/h6,18H,2-4H2,1H3,(H2,9,17)(H,10,14)(H2,11,12,13,15,16)/t6-/m0/s1. The van der Waals surface area contributed by atoms with Crippen molar-refractivity contribution in [3.63, 3.8) is 0 Å². The van der Waals surface area contributed by atoms with Gasteiger partial charge in [0, 0.05) is 11.5 Å². The van der Waals surface area contributed by atoms with Crippen LogP contribution in [0.1, 0.15) is 6.92 Å². The fourth-order valence-corrected chi connectivity index (χ4v) is 1.96. The van der Waals surface area contributed by atoms with Gasteiger partial charge in [-0.3, -0.25) is 20.5 Å². The van der Waals surface area contributed by atoms with E-state index in [2.05, 4.69) is 30.9 Å². The molecule has 10 nitrogen and oxygen atoms in total. The Morgan fingerprint density at radius 3 is 3.05 bits per heavy atom. The second kappa shape index (κ2) is 8.26. The summed E-state index contributed by atoms with van der Waals surface area (Å²) in [6.07, 6.45) is 0. The molecule has 106 valence electrons. The molecular weight excluding hydrogens is 272 g/mol. The minimum Gasteiger partial charge on any atom is -0.368 e. The average Bonchev–Trinajstić information content (AvgIpc) is 2.89. The van der Waals surface area contributed by atoms with Crippen molar-refractivity contribution in [1.82, 2.24) is 26.1 Å². The Kier molecular flexibility index (Phi) is 6.60. The quantitative estimate of drug-likeness (QED) is 0.169. The number of hydrogen-bond acceptors (Lipinski definition) is 8. The third-order valence-corrected chi connectivity index (χ3v) is 3.06. The van der Waals surface area contributed by atoms with Crippen LogP contribution in [0, 0.1) is 0 Å². The molecule has 0 fully saturated rings. The molecule has 0 aliphatic heterocycles. The monoisotopic (exact) mass is 288 g/mol. The first-order chi connectivity index (χ1) is 9.13. The molecule has 0 bridgehead atoms. The van der Waals surface area contributed by atoms with Crippen LogP contribution >= 0.6 is 11.8 Å². The van der Waals surface area contributed by atoms with Gasteiger partial charge in [-0.15, -0.1) is 5.10 Å². The lowest BCUT2D eigenvalue weighted by atomic mass is 10.3. The molecule has 0 spiro atoms. The predicted molar refractivity (Wildman–Crippen MR) is 71.0 cm³/mol. The van der Waals surface area contributed by atoms with Gasteiger partial charge in [-0.2, -0.15) is 17.0 Å². The summed E-state index contributed by atoms with van der Waals surface area (Å²) >= 11 is 1.50. The van der Waals surface area contributed by atoms with Crippen LogP contribution in [0.5, 0.6) is 0 Å². The van der Waals surface area contributed by atoms with Crippen molar-refractivity contribution < 1.29 is 10.0 Å². The predicted octanol–water partition coefficient (Wildman–Crippen LogP) is -1.40. The summed E-state index contributed by atoms with van der Waals surface area (Å²) in [6, 6.07) is -0.580. The van der Waals surface area contributed by atoms with Gasteiger partial charge in [0.1, 0.15) is 11.9 Å². The highest BCUT2D eigenvalue weighted by molar-refractivity contribution is 7.99. The zero-order valence-corrected chi connectivity index (χ0v) is 11.1. The smallest absolute Gasteiger partial charge is 0.263 e. The molecule has 0 radical (unpaired) electrons. The van der Waals surface area contributed by atoms with Gasteiger partial charge in [0.25, 0.3) is 5.95 Å². The van der Waals surface area contributed by atoms with E-state index in [9.17, 15) is 4.79 Å². The molecule has 0 saturated heterocycles. The molecule has 0 aliphatic rings. The van der Waals surface area contributed by atoms with Crippen LogP contribution in [-0.2, 0) is 4.79 Å². The van der Waals surface area contributed by atoms with E-state index in [0.29, 0.717) is 23.9 Å². The van der Waals surface area contributed by atoms with E-state index >= 15 is 0 Å². The van der Waals surface area contributed by atoms with Crippen molar-refractivity contribution in [2.75, 3.05) is 23.4 Å². The van der Waals surface area contributed by atoms with Gasteiger partial charge in [-0.1, -0.05) is 5.10 Å². The second-order valence-electron chi connectivity index (χ2n) is 3.49. The lowest BCUT2D eigenvalue weighted by molar-refractivity contribution is -0.118. The molecule has 0 aliphatic carbocycles. The Morgan fingerprint density at radius 1 is 1.68 bits per heavy atom. The van der Waals surface area contributed by atoms with Crippen LogP contribution in [0.4, 0.5) is 5.95 Å². The summed E-state index contributed by atoms with van der Waals surface area (Å²) in [5.41, 5.74) is 7.21. The van der Waals surface area contributed by atoms with E-state index in [1.54, 1.807) is 6.92 Å². The lowest BCUT2D eigenvalue weighted by Gasteiger charge is -2.12. The summed E-state index contributed by atoms with van der Waals surface area (Å²) in [6.45, 7) is 2.17. The fraction of sp³-hybridized carbons (Fsp3) is 0.625. The van der Waals surface area contributed by atoms with Crippen LogP contribution in [-0.4, -0.2) is 61.7 Å². The Bertz CT molecular complexity index is 409. The number of aromatic amines is 1. The number of tetrazole rings is 1. The molecule has 1 aromatic heterocycles. The number of rotatable bonds is 8.